The Morgan fingerprint density at radius 1 is 1.29 bits per heavy atom. The van der Waals surface area contributed by atoms with E-state index in [-0.39, 0.29) is 47.3 Å². The summed E-state index contributed by atoms with van der Waals surface area (Å²) in [5.74, 6) is 0.252. The van der Waals surface area contributed by atoms with E-state index < -0.39 is 10.0 Å². The minimum atomic E-state index is -3.53. The molecule has 156 valence electrons. The first kappa shape index (κ1) is 24.4. The van der Waals surface area contributed by atoms with Crippen LogP contribution in [-0.4, -0.2) is 39.1 Å². The van der Waals surface area contributed by atoms with Gasteiger partial charge < -0.3 is 15.2 Å². The minimum Gasteiger partial charge on any atom is -0.356 e. The number of benzene rings is 1. The molecule has 7 nitrogen and oxygen atoms in total. The third kappa shape index (κ3) is 6.74. The van der Waals surface area contributed by atoms with Crippen LogP contribution in [0.3, 0.4) is 0 Å². The zero-order valence-corrected chi connectivity index (χ0v) is 19.5. The van der Waals surface area contributed by atoms with Crippen LogP contribution >= 0.6 is 24.0 Å². The normalized spacial score (nSPS) is 13.0. The zero-order chi connectivity index (χ0) is 20.0. The number of aromatic nitrogens is 1. The van der Waals surface area contributed by atoms with E-state index in [1.165, 1.54) is 6.07 Å². The number of hydrogen-bond acceptors (Lipinski definition) is 3. The van der Waals surface area contributed by atoms with Gasteiger partial charge in [0, 0.05) is 39.6 Å². The van der Waals surface area contributed by atoms with Gasteiger partial charge in [-0.05, 0) is 37.1 Å². The predicted molar refractivity (Wildman–Crippen MR) is 120 cm³/mol. The monoisotopic (exact) mass is 523 g/mol. The molecule has 0 saturated carbocycles. The predicted octanol–water partition coefficient (Wildman–Crippen LogP) is 2.30. The molecule has 0 radical (unpaired) electrons. The molecule has 1 atom stereocenters. The molecule has 0 saturated heterocycles. The molecule has 28 heavy (non-hydrogen) atoms. The number of hydrogen-bond donors (Lipinski definition) is 3. The van der Waals surface area contributed by atoms with Gasteiger partial charge in [-0.15, -0.1) is 24.0 Å². The first-order valence-electron chi connectivity index (χ1n) is 8.58. The maximum Gasteiger partial charge on any atom is 0.242 e. The van der Waals surface area contributed by atoms with Crippen molar-refractivity contribution in [2.75, 3.05) is 20.1 Å². The molecule has 1 aromatic heterocycles. The van der Waals surface area contributed by atoms with Gasteiger partial charge in [0.2, 0.25) is 10.0 Å². The minimum absolute atomic E-state index is 0. The molecule has 10 heteroatoms. The lowest BCUT2D eigenvalue weighted by molar-refractivity contribution is 0.579. The van der Waals surface area contributed by atoms with E-state index in [2.05, 4.69) is 20.3 Å². The summed E-state index contributed by atoms with van der Waals surface area (Å²) in [6.45, 7) is 4.16. The lowest BCUT2D eigenvalue weighted by Crippen LogP contribution is -2.42. The van der Waals surface area contributed by atoms with E-state index in [1.54, 1.807) is 50.1 Å². The Hall–Kier alpha value is -1.66. The van der Waals surface area contributed by atoms with Gasteiger partial charge in [-0.2, -0.15) is 0 Å². The molecule has 2 rings (SSSR count). The SMILES string of the molecule is CN=C(NCCNS(=O)(=O)c1ccn(C)c1)NC(C)c1ccc(C)c(F)c1.I. The first-order chi connectivity index (χ1) is 12.7. The summed E-state index contributed by atoms with van der Waals surface area (Å²) in [6, 6.07) is 6.47. The maximum atomic E-state index is 13.7. The second-order valence-electron chi connectivity index (χ2n) is 6.28. The van der Waals surface area contributed by atoms with Crippen LogP contribution in [0.5, 0.6) is 0 Å². The van der Waals surface area contributed by atoms with Crippen molar-refractivity contribution in [3.63, 3.8) is 0 Å². The summed E-state index contributed by atoms with van der Waals surface area (Å²) in [5.41, 5.74) is 1.39. The molecule has 1 unspecified atom stereocenters. The van der Waals surface area contributed by atoms with Crippen LogP contribution in [0.15, 0.2) is 46.5 Å². The van der Waals surface area contributed by atoms with Crippen molar-refractivity contribution in [3.8, 4) is 0 Å². The standard InChI is InChI=1S/C18H26FN5O2S.HI/c1-13-5-6-15(11-17(13)19)14(2)23-18(20-3)21-8-9-22-27(25,26)16-7-10-24(4)12-16;/h5-7,10-12,14,22H,8-9H2,1-4H3,(H2,20,21,23);1H. The number of nitrogens with one attached hydrogen (secondary N) is 3. The van der Waals surface area contributed by atoms with Crippen molar-refractivity contribution in [2.24, 2.45) is 12.0 Å². The largest absolute Gasteiger partial charge is 0.356 e. The smallest absolute Gasteiger partial charge is 0.242 e. The number of rotatable bonds is 7. The highest BCUT2D eigenvalue weighted by Gasteiger charge is 2.14. The third-order valence-electron chi connectivity index (χ3n) is 4.10. The molecule has 0 aliphatic rings. The highest BCUT2D eigenvalue weighted by Crippen LogP contribution is 2.16. The van der Waals surface area contributed by atoms with Crippen LogP contribution in [0.25, 0.3) is 0 Å². The van der Waals surface area contributed by atoms with Crippen molar-refractivity contribution in [3.05, 3.63) is 53.6 Å². The summed E-state index contributed by atoms with van der Waals surface area (Å²) in [6.07, 6.45) is 3.21. The van der Waals surface area contributed by atoms with Crippen molar-refractivity contribution in [2.45, 2.75) is 24.8 Å². The lowest BCUT2D eigenvalue weighted by atomic mass is 10.1. The fourth-order valence-corrected chi connectivity index (χ4v) is 3.53. The summed E-state index contributed by atoms with van der Waals surface area (Å²) in [4.78, 5) is 4.33. The van der Waals surface area contributed by atoms with E-state index in [1.807, 2.05) is 13.0 Å². The van der Waals surface area contributed by atoms with Gasteiger partial charge in [-0.25, -0.2) is 17.5 Å². The average molecular weight is 523 g/mol. The fraction of sp³-hybridized carbons (Fsp3) is 0.389. The Bertz CT molecular complexity index is 914. The van der Waals surface area contributed by atoms with Gasteiger partial charge in [0.15, 0.2) is 5.96 Å². The highest BCUT2D eigenvalue weighted by molar-refractivity contribution is 14.0. The molecule has 0 fully saturated rings. The van der Waals surface area contributed by atoms with E-state index in [4.69, 9.17) is 0 Å². The Labute approximate surface area is 182 Å². The van der Waals surface area contributed by atoms with Crippen LogP contribution in [0, 0.1) is 12.7 Å². The van der Waals surface area contributed by atoms with Gasteiger partial charge in [-0.1, -0.05) is 12.1 Å². The number of halogens is 2. The van der Waals surface area contributed by atoms with E-state index in [9.17, 15) is 12.8 Å². The van der Waals surface area contributed by atoms with Crippen molar-refractivity contribution < 1.29 is 12.8 Å². The fourth-order valence-electron chi connectivity index (χ4n) is 2.45. The van der Waals surface area contributed by atoms with Crippen molar-refractivity contribution in [1.29, 1.82) is 0 Å². The quantitative estimate of drug-likeness (QED) is 0.225. The van der Waals surface area contributed by atoms with Gasteiger partial charge >= 0.3 is 0 Å². The average Bonchev–Trinajstić information content (AvgIpc) is 3.07. The topological polar surface area (TPSA) is 87.5 Å². The Morgan fingerprint density at radius 2 is 2.00 bits per heavy atom. The number of nitrogens with zero attached hydrogens (tertiary/aromatic N) is 2. The van der Waals surface area contributed by atoms with Gasteiger partial charge in [0.05, 0.1) is 10.9 Å². The molecule has 0 aliphatic carbocycles. The zero-order valence-electron chi connectivity index (χ0n) is 16.4. The van der Waals surface area contributed by atoms with Crippen molar-refractivity contribution in [1.82, 2.24) is 19.9 Å². The van der Waals surface area contributed by atoms with Crippen LogP contribution in [0.4, 0.5) is 4.39 Å². The van der Waals surface area contributed by atoms with Crippen LogP contribution in [0.1, 0.15) is 24.1 Å². The molecule has 1 aromatic carbocycles. The molecular weight excluding hydrogens is 496 g/mol. The second kappa shape index (κ2) is 10.8. The van der Waals surface area contributed by atoms with E-state index >= 15 is 0 Å². The van der Waals surface area contributed by atoms with Gasteiger partial charge in [0.1, 0.15) is 5.82 Å². The van der Waals surface area contributed by atoms with Crippen LogP contribution < -0.4 is 15.4 Å². The van der Waals surface area contributed by atoms with Crippen LogP contribution in [0.2, 0.25) is 0 Å². The first-order valence-corrected chi connectivity index (χ1v) is 10.1. The van der Waals surface area contributed by atoms with E-state index in [0.717, 1.165) is 5.56 Å². The number of aliphatic imine (C=N–C) groups is 1. The van der Waals surface area contributed by atoms with Crippen LogP contribution in [-0.2, 0) is 17.1 Å². The Kier molecular flexibility index (Phi) is 9.37. The van der Waals surface area contributed by atoms with E-state index in [0.29, 0.717) is 18.1 Å². The number of sulfonamides is 1. The maximum absolute atomic E-state index is 13.7. The molecule has 1 heterocycles. The van der Waals surface area contributed by atoms with Crippen molar-refractivity contribution >= 4 is 40.0 Å². The van der Waals surface area contributed by atoms with Gasteiger partial charge in [-0.3, -0.25) is 4.99 Å². The molecule has 0 bridgehead atoms. The molecular formula is C18H27FIN5O2S. The number of guanidine groups is 1. The molecule has 2 aromatic rings. The molecule has 3 N–H and O–H groups in total. The highest BCUT2D eigenvalue weighted by atomic mass is 127. The Balaban J connectivity index is 0.00000392. The molecule has 0 amide bonds. The third-order valence-corrected chi connectivity index (χ3v) is 5.54. The lowest BCUT2D eigenvalue weighted by Gasteiger charge is -2.18. The van der Waals surface area contributed by atoms with Gasteiger partial charge in [0.25, 0.3) is 0 Å². The summed E-state index contributed by atoms with van der Waals surface area (Å²) in [5, 5.41) is 6.19. The molecule has 0 aliphatic heterocycles. The summed E-state index contributed by atoms with van der Waals surface area (Å²) < 4.78 is 42.2. The number of aryl methyl sites for hydroxylation is 2. The summed E-state index contributed by atoms with van der Waals surface area (Å²) in [7, 11) is -0.154. The summed E-state index contributed by atoms with van der Waals surface area (Å²) >= 11 is 0. The Morgan fingerprint density at radius 3 is 2.57 bits per heavy atom. The molecule has 0 spiro atoms. The second-order valence-corrected chi connectivity index (χ2v) is 8.05.